The molecule has 0 bridgehead atoms. The van der Waals surface area contributed by atoms with Crippen molar-refractivity contribution in [2.24, 2.45) is 11.8 Å². The Balaban J connectivity index is 2.18. The predicted octanol–water partition coefficient (Wildman–Crippen LogP) is 2.88. The molecule has 15 heavy (non-hydrogen) atoms. The van der Waals surface area contributed by atoms with E-state index in [-0.39, 0.29) is 6.23 Å². The smallest absolute Gasteiger partial charge is 0.108 e. The highest BCUT2D eigenvalue weighted by Gasteiger charge is 2.47. The first-order chi connectivity index (χ1) is 6.93. The molecule has 0 N–H and O–H groups in total. The molecular formula is C13H25NO. The lowest BCUT2D eigenvalue weighted by atomic mass is 9.70. The van der Waals surface area contributed by atoms with Gasteiger partial charge < -0.3 is 4.74 Å². The third kappa shape index (κ3) is 1.83. The van der Waals surface area contributed by atoms with E-state index in [0.29, 0.717) is 11.6 Å². The van der Waals surface area contributed by atoms with Gasteiger partial charge in [-0.15, -0.1) is 0 Å². The highest BCUT2D eigenvalue weighted by atomic mass is 16.5. The molecule has 1 saturated heterocycles. The van der Waals surface area contributed by atoms with Crippen LogP contribution in [0.4, 0.5) is 0 Å². The summed E-state index contributed by atoms with van der Waals surface area (Å²) in [5.74, 6) is 1.56. The van der Waals surface area contributed by atoms with Crippen LogP contribution in [0.15, 0.2) is 0 Å². The number of nitrogens with zero attached hydrogens (tertiary/aromatic N) is 1. The fraction of sp³-hybridized carbons (Fsp3) is 1.00. The van der Waals surface area contributed by atoms with E-state index in [1.807, 2.05) is 0 Å². The Bertz CT molecular complexity index is 239. The summed E-state index contributed by atoms with van der Waals surface area (Å²) in [5, 5.41) is 0. The largest absolute Gasteiger partial charge is 0.360 e. The Kier molecular flexibility index (Phi) is 2.85. The van der Waals surface area contributed by atoms with Crippen LogP contribution in [-0.2, 0) is 4.74 Å². The summed E-state index contributed by atoms with van der Waals surface area (Å²) in [5.41, 5.74) is 0.294. The van der Waals surface area contributed by atoms with E-state index in [9.17, 15) is 0 Å². The molecule has 0 aromatic carbocycles. The van der Waals surface area contributed by atoms with Crippen molar-refractivity contribution in [3.8, 4) is 0 Å². The summed E-state index contributed by atoms with van der Waals surface area (Å²) in [6.07, 6.45) is 4.72. The van der Waals surface area contributed by atoms with E-state index in [4.69, 9.17) is 4.74 Å². The van der Waals surface area contributed by atoms with Gasteiger partial charge in [-0.2, -0.15) is 0 Å². The molecule has 88 valence electrons. The van der Waals surface area contributed by atoms with Crippen LogP contribution in [0, 0.1) is 11.8 Å². The molecule has 0 radical (unpaired) electrons. The highest BCUT2D eigenvalue weighted by molar-refractivity contribution is 4.98. The van der Waals surface area contributed by atoms with Gasteiger partial charge in [0.25, 0.3) is 0 Å². The van der Waals surface area contributed by atoms with Gasteiger partial charge in [0, 0.05) is 11.5 Å². The van der Waals surface area contributed by atoms with Crippen LogP contribution < -0.4 is 0 Å². The van der Waals surface area contributed by atoms with E-state index in [2.05, 4.69) is 39.6 Å². The predicted molar refractivity (Wildman–Crippen MR) is 62.7 cm³/mol. The second-order valence-corrected chi connectivity index (χ2v) is 6.06. The Morgan fingerprint density at radius 1 is 1.20 bits per heavy atom. The Labute approximate surface area is 94.0 Å². The van der Waals surface area contributed by atoms with E-state index in [0.717, 1.165) is 11.8 Å². The fourth-order valence-corrected chi connectivity index (χ4v) is 3.36. The van der Waals surface area contributed by atoms with E-state index < -0.39 is 0 Å². The van der Waals surface area contributed by atoms with Gasteiger partial charge in [-0.25, -0.2) is 0 Å². The van der Waals surface area contributed by atoms with Crippen LogP contribution >= 0.6 is 0 Å². The lowest BCUT2D eigenvalue weighted by Gasteiger charge is -2.55. The zero-order valence-electron chi connectivity index (χ0n) is 10.8. The van der Waals surface area contributed by atoms with Crippen molar-refractivity contribution in [3.05, 3.63) is 0 Å². The van der Waals surface area contributed by atoms with Crippen LogP contribution in [0.5, 0.6) is 0 Å². The molecule has 4 unspecified atom stereocenters. The van der Waals surface area contributed by atoms with E-state index >= 15 is 0 Å². The first-order valence-electron chi connectivity index (χ1n) is 6.31. The third-order valence-corrected chi connectivity index (χ3v) is 4.79. The molecule has 2 heteroatoms. The Hall–Kier alpha value is -0.0800. The monoisotopic (exact) mass is 211 g/mol. The second-order valence-electron chi connectivity index (χ2n) is 6.06. The standard InChI is InChI=1S/C13H25NO/c1-9-6-7-11-12(8-9)15-10(2)14(5)13(11,3)4/h9-12H,6-8H2,1-5H3. The molecule has 2 fully saturated rings. The third-order valence-electron chi connectivity index (χ3n) is 4.79. The number of fused-ring (bicyclic) bond motifs is 1. The highest BCUT2D eigenvalue weighted by Crippen LogP contribution is 2.43. The van der Waals surface area contributed by atoms with Crippen LogP contribution in [0.1, 0.15) is 47.0 Å². The first kappa shape index (κ1) is 11.4. The average molecular weight is 211 g/mol. The zero-order valence-corrected chi connectivity index (χ0v) is 10.8. The molecule has 2 nitrogen and oxygen atoms in total. The van der Waals surface area contributed by atoms with Gasteiger partial charge in [-0.3, -0.25) is 4.90 Å². The van der Waals surface area contributed by atoms with Crippen LogP contribution in [0.2, 0.25) is 0 Å². The molecule has 1 aliphatic heterocycles. The summed E-state index contributed by atoms with van der Waals surface area (Å²) >= 11 is 0. The van der Waals surface area contributed by atoms with Gasteiger partial charge >= 0.3 is 0 Å². The topological polar surface area (TPSA) is 12.5 Å². The fourth-order valence-electron chi connectivity index (χ4n) is 3.36. The Morgan fingerprint density at radius 2 is 1.87 bits per heavy atom. The number of hydrogen-bond donors (Lipinski definition) is 0. The lowest BCUT2D eigenvalue weighted by molar-refractivity contribution is -0.217. The van der Waals surface area contributed by atoms with Crippen LogP contribution in [0.25, 0.3) is 0 Å². The molecule has 0 aromatic rings. The van der Waals surface area contributed by atoms with Crippen molar-refractivity contribution < 1.29 is 4.74 Å². The van der Waals surface area contributed by atoms with Gasteiger partial charge in [-0.1, -0.05) is 13.3 Å². The minimum atomic E-state index is 0.270. The van der Waals surface area contributed by atoms with Crippen molar-refractivity contribution in [1.29, 1.82) is 0 Å². The number of ether oxygens (including phenoxy) is 1. The Morgan fingerprint density at radius 3 is 2.53 bits per heavy atom. The van der Waals surface area contributed by atoms with Gasteiger partial charge in [0.2, 0.25) is 0 Å². The summed E-state index contributed by atoms with van der Waals surface area (Å²) in [6, 6.07) is 0. The quantitative estimate of drug-likeness (QED) is 0.611. The first-order valence-corrected chi connectivity index (χ1v) is 6.31. The van der Waals surface area contributed by atoms with Gasteiger partial charge in [0.15, 0.2) is 0 Å². The normalized spacial score (nSPS) is 46.2. The summed E-state index contributed by atoms with van der Waals surface area (Å²) in [7, 11) is 2.19. The molecule has 0 spiro atoms. The van der Waals surface area contributed by atoms with Crippen molar-refractivity contribution in [1.82, 2.24) is 4.90 Å². The van der Waals surface area contributed by atoms with Gasteiger partial charge in [-0.05, 0) is 46.6 Å². The minimum Gasteiger partial charge on any atom is -0.360 e. The molecule has 2 rings (SSSR count). The maximum atomic E-state index is 6.13. The number of hydrogen-bond acceptors (Lipinski definition) is 2. The maximum Gasteiger partial charge on any atom is 0.108 e. The van der Waals surface area contributed by atoms with Crippen molar-refractivity contribution in [3.63, 3.8) is 0 Å². The molecule has 1 heterocycles. The van der Waals surface area contributed by atoms with E-state index in [1.165, 1.54) is 19.3 Å². The molecule has 1 aliphatic carbocycles. The summed E-state index contributed by atoms with van der Waals surface area (Å²) in [6.45, 7) is 9.28. The minimum absolute atomic E-state index is 0.270. The van der Waals surface area contributed by atoms with Crippen molar-refractivity contribution in [2.45, 2.75) is 64.8 Å². The number of rotatable bonds is 0. The molecule has 4 atom stereocenters. The molecule has 2 aliphatic rings. The van der Waals surface area contributed by atoms with Gasteiger partial charge in [0.05, 0.1) is 6.10 Å². The molecule has 0 amide bonds. The van der Waals surface area contributed by atoms with Crippen molar-refractivity contribution in [2.75, 3.05) is 7.05 Å². The molecular weight excluding hydrogens is 186 g/mol. The summed E-state index contributed by atoms with van der Waals surface area (Å²) in [4.78, 5) is 2.39. The second kappa shape index (κ2) is 3.74. The zero-order chi connectivity index (χ0) is 11.2. The van der Waals surface area contributed by atoms with Crippen molar-refractivity contribution >= 4 is 0 Å². The summed E-state index contributed by atoms with van der Waals surface area (Å²) < 4.78 is 6.13. The lowest BCUT2D eigenvalue weighted by Crippen LogP contribution is -2.62. The average Bonchev–Trinajstić information content (AvgIpc) is 2.14. The maximum absolute atomic E-state index is 6.13. The van der Waals surface area contributed by atoms with Crippen LogP contribution in [-0.4, -0.2) is 29.8 Å². The van der Waals surface area contributed by atoms with Gasteiger partial charge in [0.1, 0.15) is 6.23 Å². The molecule has 1 saturated carbocycles. The SMILES string of the molecule is CC1CCC2C(C1)OC(C)N(C)C2(C)C. The van der Waals surface area contributed by atoms with E-state index in [1.54, 1.807) is 0 Å². The van der Waals surface area contributed by atoms with Crippen LogP contribution in [0.3, 0.4) is 0 Å². The molecule has 0 aromatic heterocycles.